The standard InChI is InChI=1S/C20H16N2O2S/c1-3-11-24-19-14(7-6-9-17(19)23-2)12-15(13-21)20-22-16-8-4-5-10-18(16)25-20/h3-10,12H,1,11H2,2H3/b15-12-. The fourth-order valence-electron chi connectivity index (χ4n) is 2.39. The van der Waals surface area contributed by atoms with E-state index in [4.69, 9.17) is 9.47 Å². The molecule has 1 aromatic heterocycles. The van der Waals surface area contributed by atoms with Crippen molar-refractivity contribution < 1.29 is 9.47 Å². The van der Waals surface area contributed by atoms with Crippen LogP contribution in [-0.4, -0.2) is 18.7 Å². The number of rotatable bonds is 6. The molecule has 2 aromatic carbocycles. The number of nitriles is 1. The van der Waals surface area contributed by atoms with E-state index in [1.165, 1.54) is 11.3 Å². The summed E-state index contributed by atoms with van der Waals surface area (Å²) in [6.07, 6.45) is 3.44. The number of methoxy groups -OCH3 is 1. The van der Waals surface area contributed by atoms with Crippen LogP contribution in [-0.2, 0) is 0 Å². The quantitative estimate of drug-likeness (QED) is 0.468. The summed E-state index contributed by atoms with van der Waals surface area (Å²) in [7, 11) is 1.59. The molecule has 0 unspecified atom stereocenters. The topological polar surface area (TPSA) is 55.1 Å². The van der Waals surface area contributed by atoms with Gasteiger partial charge < -0.3 is 9.47 Å². The largest absolute Gasteiger partial charge is 0.493 e. The normalized spacial score (nSPS) is 11.1. The smallest absolute Gasteiger partial charge is 0.168 e. The highest BCUT2D eigenvalue weighted by atomic mass is 32.1. The van der Waals surface area contributed by atoms with Gasteiger partial charge in [-0.2, -0.15) is 5.26 Å². The average Bonchev–Trinajstić information content (AvgIpc) is 3.08. The van der Waals surface area contributed by atoms with Crippen molar-refractivity contribution in [1.82, 2.24) is 4.98 Å². The number of benzene rings is 2. The summed E-state index contributed by atoms with van der Waals surface area (Å²) in [6.45, 7) is 4.02. The Labute approximate surface area is 150 Å². The van der Waals surface area contributed by atoms with Crippen LogP contribution in [0.4, 0.5) is 0 Å². The van der Waals surface area contributed by atoms with Crippen molar-refractivity contribution in [1.29, 1.82) is 5.26 Å². The fourth-order valence-corrected chi connectivity index (χ4v) is 3.32. The molecular formula is C20H16N2O2S. The lowest BCUT2D eigenvalue weighted by atomic mass is 10.1. The molecule has 25 heavy (non-hydrogen) atoms. The number of aromatic nitrogens is 1. The van der Waals surface area contributed by atoms with Crippen molar-refractivity contribution in [2.45, 2.75) is 0 Å². The summed E-state index contributed by atoms with van der Waals surface area (Å²) >= 11 is 1.49. The van der Waals surface area contributed by atoms with E-state index in [-0.39, 0.29) is 0 Å². The van der Waals surface area contributed by atoms with E-state index in [9.17, 15) is 5.26 Å². The van der Waals surface area contributed by atoms with Gasteiger partial charge in [0.25, 0.3) is 0 Å². The monoisotopic (exact) mass is 348 g/mol. The minimum Gasteiger partial charge on any atom is -0.493 e. The number of fused-ring (bicyclic) bond motifs is 1. The molecule has 0 atom stereocenters. The van der Waals surface area contributed by atoms with Crippen LogP contribution in [0.15, 0.2) is 55.1 Å². The third-order valence-corrected chi connectivity index (χ3v) is 4.59. The van der Waals surface area contributed by atoms with Gasteiger partial charge in [-0.3, -0.25) is 0 Å². The number of allylic oxidation sites excluding steroid dienone is 1. The molecule has 0 aliphatic carbocycles. The van der Waals surface area contributed by atoms with Gasteiger partial charge in [-0.25, -0.2) is 4.98 Å². The van der Waals surface area contributed by atoms with Gasteiger partial charge in [0.1, 0.15) is 17.7 Å². The van der Waals surface area contributed by atoms with Crippen LogP contribution in [0.5, 0.6) is 11.5 Å². The van der Waals surface area contributed by atoms with Crippen LogP contribution in [0.2, 0.25) is 0 Å². The first-order chi connectivity index (χ1) is 12.3. The average molecular weight is 348 g/mol. The number of nitrogens with zero attached hydrogens (tertiary/aromatic N) is 2. The maximum Gasteiger partial charge on any atom is 0.168 e. The lowest BCUT2D eigenvalue weighted by Gasteiger charge is -2.12. The van der Waals surface area contributed by atoms with Gasteiger partial charge >= 0.3 is 0 Å². The van der Waals surface area contributed by atoms with Gasteiger partial charge in [0.2, 0.25) is 0 Å². The molecule has 0 radical (unpaired) electrons. The zero-order valence-electron chi connectivity index (χ0n) is 13.7. The molecule has 0 saturated carbocycles. The Hall–Kier alpha value is -3.10. The molecule has 0 saturated heterocycles. The third kappa shape index (κ3) is 3.54. The van der Waals surface area contributed by atoms with Crippen molar-refractivity contribution in [3.63, 3.8) is 0 Å². The van der Waals surface area contributed by atoms with Gasteiger partial charge in [0.15, 0.2) is 11.5 Å². The maximum absolute atomic E-state index is 9.62. The van der Waals surface area contributed by atoms with Crippen LogP contribution in [0.3, 0.4) is 0 Å². The summed E-state index contributed by atoms with van der Waals surface area (Å²) in [5.74, 6) is 1.19. The molecule has 3 aromatic rings. The molecule has 0 N–H and O–H groups in total. The van der Waals surface area contributed by atoms with Gasteiger partial charge in [-0.15, -0.1) is 11.3 Å². The first-order valence-electron chi connectivity index (χ1n) is 7.65. The van der Waals surface area contributed by atoms with Gasteiger partial charge in [-0.05, 0) is 24.3 Å². The fraction of sp³-hybridized carbons (Fsp3) is 0.100. The molecule has 4 nitrogen and oxygen atoms in total. The predicted molar refractivity (Wildman–Crippen MR) is 102 cm³/mol. The minimum absolute atomic E-state index is 0.351. The van der Waals surface area contributed by atoms with Crippen LogP contribution in [0, 0.1) is 11.3 Å². The van der Waals surface area contributed by atoms with E-state index in [1.807, 2.05) is 42.5 Å². The summed E-state index contributed by atoms with van der Waals surface area (Å²) in [5, 5.41) is 10.3. The Balaban J connectivity index is 2.08. The van der Waals surface area contributed by atoms with Crippen molar-refractivity contribution in [3.8, 4) is 17.6 Å². The van der Waals surface area contributed by atoms with Crippen LogP contribution in [0.25, 0.3) is 21.9 Å². The second kappa shape index (κ2) is 7.65. The number of thiazole rings is 1. The molecule has 124 valence electrons. The molecule has 0 amide bonds. The molecule has 0 bridgehead atoms. The van der Waals surface area contributed by atoms with E-state index < -0.39 is 0 Å². The summed E-state index contributed by atoms with van der Waals surface area (Å²) in [4.78, 5) is 4.55. The Morgan fingerprint density at radius 2 is 2.12 bits per heavy atom. The summed E-state index contributed by atoms with van der Waals surface area (Å²) < 4.78 is 12.2. The zero-order valence-corrected chi connectivity index (χ0v) is 14.5. The SMILES string of the molecule is C=CCOc1c(/C=C(/C#N)c2nc3ccccc3s2)cccc1OC. The Kier molecular flexibility index (Phi) is 5.12. The lowest BCUT2D eigenvalue weighted by Crippen LogP contribution is -1.98. The second-order valence-electron chi connectivity index (χ2n) is 5.13. The van der Waals surface area contributed by atoms with E-state index in [2.05, 4.69) is 17.6 Å². The summed E-state index contributed by atoms with van der Waals surface area (Å²) in [5.41, 5.74) is 2.13. The van der Waals surface area contributed by atoms with Gasteiger partial charge in [-0.1, -0.05) is 36.9 Å². The van der Waals surface area contributed by atoms with Crippen molar-refractivity contribution in [3.05, 3.63) is 65.7 Å². The van der Waals surface area contributed by atoms with Crippen LogP contribution >= 0.6 is 11.3 Å². The zero-order chi connectivity index (χ0) is 17.6. The number of hydrogen-bond donors (Lipinski definition) is 0. The third-order valence-electron chi connectivity index (χ3n) is 3.52. The number of hydrogen-bond acceptors (Lipinski definition) is 5. The Morgan fingerprint density at radius 1 is 1.28 bits per heavy atom. The highest BCUT2D eigenvalue weighted by molar-refractivity contribution is 7.19. The van der Waals surface area contributed by atoms with Gasteiger partial charge in [0.05, 0.1) is 22.9 Å². The molecule has 0 aliphatic rings. The highest BCUT2D eigenvalue weighted by Crippen LogP contribution is 2.35. The first-order valence-corrected chi connectivity index (χ1v) is 8.47. The number of para-hydroxylation sites is 2. The molecule has 3 rings (SSSR count). The van der Waals surface area contributed by atoms with E-state index >= 15 is 0 Å². The maximum atomic E-state index is 9.62. The molecule has 1 heterocycles. The molecular weight excluding hydrogens is 332 g/mol. The lowest BCUT2D eigenvalue weighted by molar-refractivity contribution is 0.326. The van der Waals surface area contributed by atoms with E-state index in [1.54, 1.807) is 19.3 Å². The first kappa shape index (κ1) is 16.7. The molecule has 0 aliphatic heterocycles. The van der Waals surface area contributed by atoms with Crippen molar-refractivity contribution >= 4 is 33.2 Å². The van der Waals surface area contributed by atoms with Crippen molar-refractivity contribution in [2.24, 2.45) is 0 Å². The Bertz CT molecular complexity index is 950. The number of ether oxygens (including phenoxy) is 2. The van der Waals surface area contributed by atoms with Crippen LogP contribution < -0.4 is 9.47 Å². The predicted octanol–water partition coefficient (Wildman–Crippen LogP) is 4.93. The highest BCUT2D eigenvalue weighted by Gasteiger charge is 2.13. The second-order valence-corrected chi connectivity index (χ2v) is 6.17. The van der Waals surface area contributed by atoms with Gasteiger partial charge in [0, 0.05) is 5.56 Å². The molecule has 0 fully saturated rings. The van der Waals surface area contributed by atoms with E-state index in [0.29, 0.717) is 28.7 Å². The molecule has 0 spiro atoms. The Morgan fingerprint density at radius 3 is 2.84 bits per heavy atom. The van der Waals surface area contributed by atoms with Crippen LogP contribution in [0.1, 0.15) is 10.6 Å². The minimum atomic E-state index is 0.351. The van der Waals surface area contributed by atoms with Crippen molar-refractivity contribution in [2.75, 3.05) is 13.7 Å². The summed E-state index contributed by atoms with van der Waals surface area (Å²) in [6, 6.07) is 15.6. The van der Waals surface area contributed by atoms with E-state index in [0.717, 1.165) is 15.8 Å². The molecule has 5 heteroatoms.